The van der Waals surface area contributed by atoms with Crippen LogP contribution in [-0.2, 0) is 28.9 Å². The zero-order valence-electron chi connectivity index (χ0n) is 13.2. The summed E-state index contributed by atoms with van der Waals surface area (Å²) in [7, 11) is 0. The molecule has 0 atom stereocenters. The Hall–Kier alpha value is -2.10. The smallest absolute Gasteiger partial charge is 0.310 e. The summed E-state index contributed by atoms with van der Waals surface area (Å²) in [6.07, 6.45) is 8.29. The van der Waals surface area contributed by atoms with Crippen LogP contribution in [0.15, 0.2) is 42.7 Å². The molecule has 0 unspecified atom stereocenters. The van der Waals surface area contributed by atoms with Gasteiger partial charge in [-0.15, -0.1) is 0 Å². The molecule has 1 heterocycles. The molecule has 0 radical (unpaired) electrons. The molecule has 0 aliphatic heterocycles. The zero-order chi connectivity index (χ0) is 15.6. The van der Waals surface area contributed by atoms with E-state index in [0.29, 0.717) is 13.0 Å². The first-order valence-electron chi connectivity index (χ1n) is 7.99. The second-order valence-electron chi connectivity index (χ2n) is 5.44. The van der Waals surface area contributed by atoms with Crippen LogP contribution in [0.5, 0.6) is 0 Å². The highest BCUT2D eigenvalue weighted by molar-refractivity contribution is 5.72. The number of carbonyl (C=O) groups excluding carboxylic acids is 1. The minimum Gasteiger partial charge on any atom is -0.465 e. The number of benzene rings is 1. The second-order valence-corrected chi connectivity index (χ2v) is 5.44. The van der Waals surface area contributed by atoms with E-state index in [9.17, 15) is 4.79 Å². The monoisotopic (exact) mass is 300 g/mol. The molecule has 2 rings (SSSR count). The number of hydrogen-bond acceptors (Lipinski definition) is 3. The van der Waals surface area contributed by atoms with Crippen LogP contribution >= 0.6 is 0 Å². The molecule has 2 aromatic rings. The van der Waals surface area contributed by atoms with Crippen LogP contribution in [0.3, 0.4) is 0 Å². The molecule has 0 fully saturated rings. The summed E-state index contributed by atoms with van der Waals surface area (Å²) in [5.74, 6) is -0.165. The zero-order valence-corrected chi connectivity index (χ0v) is 13.2. The standard InChI is InChI=1S/C18H24N2O2/c1-2-3-6-16-7-9-17(10-8-16)15-18(21)22-14-5-13-20-12-4-11-19-20/h4,7-12H,2-3,5-6,13-15H2,1H3. The molecule has 0 saturated heterocycles. The third kappa shape index (κ3) is 5.72. The van der Waals surface area contributed by atoms with Crippen LogP contribution in [0, 0.1) is 0 Å². The van der Waals surface area contributed by atoms with Gasteiger partial charge in [0.05, 0.1) is 13.0 Å². The Kier molecular flexibility index (Phi) is 6.68. The summed E-state index contributed by atoms with van der Waals surface area (Å²) >= 11 is 0. The fourth-order valence-electron chi connectivity index (χ4n) is 2.27. The molecule has 0 aliphatic rings. The molecule has 0 saturated carbocycles. The van der Waals surface area contributed by atoms with Gasteiger partial charge in [-0.3, -0.25) is 9.48 Å². The van der Waals surface area contributed by atoms with Crippen LogP contribution in [0.1, 0.15) is 37.3 Å². The average Bonchev–Trinajstić information content (AvgIpc) is 3.04. The molecule has 4 nitrogen and oxygen atoms in total. The van der Waals surface area contributed by atoms with Crippen molar-refractivity contribution in [1.82, 2.24) is 9.78 Å². The van der Waals surface area contributed by atoms with Gasteiger partial charge in [0.2, 0.25) is 0 Å². The lowest BCUT2D eigenvalue weighted by atomic mass is 10.1. The molecule has 1 aromatic heterocycles. The highest BCUT2D eigenvalue weighted by atomic mass is 16.5. The number of esters is 1. The van der Waals surface area contributed by atoms with Crippen molar-refractivity contribution < 1.29 is 9.53 Å². The maximum Gasteiger partial charge on any atom is 0.310 e. The largest absolute Gasteiger partial charge is 0.465 e. The van der Waals surface area contributed by atoms with Crippen molar-refractivity contribution in [3.8, 4) is 0 Å². The van der Waals surface area contributed by atoms with Gasteiger partial charge < -0.3 is 4.74 Å². The fraction of sp³-hybridized carbons (Fsp3) is 0.444. The molecule has 0 spiro atoms. The first kappa shape index (κ1) is 16.3. The lowest BCUT2D eigenvalue weighted by Crippen LogP contribution is -2.11. The third-order valence-electron chi connectivity index (χ3n) is 3.54. The highest BCUT2D eigenvalue weighted by Gasteiger charge is 2.05. The molecule has 4 heteroatoms. The van der Waals surface area contributed by atoms with E-state index in [1.165, 1.54) is 18.4 Å². The first-order chi connectivity index (χ1) is 10.8. The quantitative estimate of drug-likeness (QED) is 0.526. The lowest BCUT2D eigenvalue weighted by molar-refractivity contribution is -0.143. The summed E-state index contributed by atoms with van der Waals surface area (Å²) in [4.78, 5) is 11.8. The Labute approximate surface area is 132 Å². The van der Waals surface area contributed by atoms with Crippen molar-refractivity contribution in [1.29, 1.82) is 0 Å². The average molecular weight is 300 g/mol. The molecular formula is C18H24N2O2. The van der Waals surface area contributed by atoms with Gasteiger partial charge in [0.1, 0.15) is 0 Å². The Bertz CT molecular complexity index is 547. The maximum absolute atomic E-state index is 11.8. The van der Waals surface area contributed by atoms with E-state index in [-0.39, 0.29) is 5.97 Å². The maximum atomic E-state index is 11.8. The fourth-order valence-corrected chi connectivity index (χ4v) is 2.27. The van der Waals surface area contributed by atoms with Crippen molar-refractivity contribution in [2.45, 2.75) is 45.6 Å². The topological polar surface area (TPSA) is 44.1 Å². The molecule has 0 bridgehead atoms. The van der Waals surface area contributed by atoms with Crippen molar-refractivity contribution in [2.75, 3.05) is 6.61 Å². The lowest BCUT2D eigenvalue weighted by Gasteiger charge is -2.06. The number of unbranched alkanes of at least 4 members (excludes halogenated alkanes) is 1. The minimum absolute atomic E-state index is 0.165. The van der Waals surface area contributed by atoms with Crippen molar-refractivity contribution in [3.05, 3.63) is 53.9 Å². The Morgan fingerprint density at radius 1 is 1.18 bits per heavy atom. The van der Waals surface area contributed by atoms with Crippen molar-refractivity contribution >= 4 is 5.97 Å². The predicted molar refractivity (Wildman–Crippen MR) is 86.6 cm³/mol. The van der Waals surface area contributed by atoms with E-state index in [0.717, 1.165) is 24.9 Å². The van der Waals surface area contributed by atoms with Gasteiger partial charge in [-0.2, -0.15) is 5.10 Å². The minimum atomic E-state index is -0.165. The summed E-state index contributed by atoms with van der Waals surface area (Å²) in [5.41, 5.74) is 2.34. The Morgan fingerprint density at radius 3 is 2.64 bits per heavy atom. The van der Waals surface area contributed by atoms with Gasteiger partial charge >= 0.3 is 5.97 Å². The van der Waals surface area contributed by atoms with Gasteiger partial charge in [0, 0.05) is 25.4 Å². The molecular weight excluding hydrogens is 276 g/mol. The van der Waals surface area contributed by atoms with Crippen LogP contribution in [-0.4, -0.2) is 22.4 Å². The second kappa shape index (κ2) is 9.03. The normalized spacial score (nSPS) is 10.6. The van der Waals surface area contributed by atoms with Gasteiger partial charge in [0.25, 0.3) is 0 Å². The number of aromatic nitrogens is 2. The number of rotatable bonds is 9. The summed E-state index contributed by atoms with van der Waals surface area (Å²) in [6, 6.07) is 10.1. The number of nitrogens with zero attached hydrogens (tertiary/aromatic N) is 2. The van der Waals surface area contributed by atoms with E-state index in [4.69, 9.17) is 4.74 Å². The van der Waals surface area contributed by atoms with E-state index >= 15 is 0 Å². The van der Waals surface area contributed by atoms with Crippen molar-refractivity contribution in [2.24, 2.45) is 0 Å². The van der Waals surface area contributed by atoms with Gasteiger partial charge in [-0.1, -0.05) is 37.6 Å². The van der Waals surface area contributed by atoms with E-state index in [2.05, 4.69) is 24.2 Å². The SMILES string of the molecule is CCCCc1ccc(CC(=O)OCCCn2cccn2)cc1. The number of aryl methyl sites for hydroxylation is 2. The number of carbonyl (C=O) groups is 1. The molecule has 0 amide bonds. The third-order valence-corrected chi connectivity index (χ3v) is 3.54. The van der Waals surface area contributed by atoms with E-state index in [1.54, 1.807) is 6.20 Å². The van der Waals surface area contributed by atoms with Crippen LogP contribution in [0.2, 0.25) is 0 Å². The Balaban J connectivity index is 1.65. The molecule has 22 heavy (non-hydrogen) atoms. The first-order valence-corrected chi connectivity index (χ1v) is 7.99. The van der Waals surface area contributed by atoms with Crippen LogP contribution in [0.4, 0.5) is 0 Å². The Morgan fingerprint density at radius 2 is 1.95 bits per heavy atom. The predicted octanol–water partition coefficient (Wildman–Crippen LogP) is 3.40. The van der Waals surface area contributed by atoms with Crippen LogP contribution < -0.4 is 0 Å². The molecule has 1 aromatic carbocycles. The van der Waals surface area contributed by atoms with Gasteiger partial charge in [-0.05, 0) is 30.0 Å². The van der Waals surface area contributed by atoms with Crippen molar-refractivity contribution in [3.63, 3.8) is 0 Å². The number of ether oxygens (including phenoxy) is 1. The number of hydrogen-bond donors (Lipinski definition) is 0. The highest BCUT2D eigenvalue weighted by Crippen LogP contribution is 2.09. The molecule has 0 aliphatic carbocycles. The van der Waals surface area contributed by atoms with Crippen LogP contribution in [0.25, 0.3) is 0 Å². The van der Waals surface area contributed by atoms with Gasteiger partial charge in [0.15, 0.2) is 0 Å². The van der Waals surface area contributed by atoms with E-state index < -0.39 is 0 Å². The summed E-state index contributed by atoms with van der Waals surface area (Å²) in [5, 5.41) is 4.11. The summed E-state index contributed by atoms with van der Waals surface area (Å²) in [6.45, 7) is 3.40. The molecule has 118 valence electrons. The summed E-state index contributed by atoms with van der Waals surface area (Å²) < 4.78 is 7.10. The van der Waals surface area contributed by atoms with E-state index in [1.807, 2.05) is 29.1 Å². The van der Waals surface area contributed by atoms with Gasteiger partial charge in [-0.25, -0.2) is 0 Å². The molecule has 0 N–H and O–H groups in total.